The van der Waals surface area contributed by atoms with Crippen molar-refractivity contribution < 1.29 is 0 Å². The van der Waals surface area contributed by atoms with Crippen LogP contribution in [-0.4, -0.2) is 40.3 Å². The number of nitrogens with zero attached hydrogens (tertiary/aromatic N) is 5. The van der Waals surface area contributed by atoms with Crippen LogP contribution in [0.25, 0.3) is 11.0 Å². The van der Waals surface area contributed by atoms with Crippen LogP contribution in [0, 0.1) is 11.3 Å². The predicted molar refractivity (Wildman–Crippen MR) is 108 cm³/mol. The molecule has 3 aromatic rings. The lowest BCUT2D eigenvalue weighted by atomic mass is 10.2. The SMILES string of the molecule is Cl.Cn1cnc2c(C#N)c(N3CCNCC3)n(Cc3ccccc3)c2c1=O. The van der Waals surface area contributed by atoms with Crippen molar-refractivity contribution in [3.8, 4) is 6.07 Å². The first-order valence-corrected chi connectivity index (χ1v) is 8.68. The highest BCUT2D eigenvalue weighted by Crippen LogP contribution is 2.30. The van der Waals surface area contributed by atoms with E-state index in [1.54, 1.807) is 7.05 Å². The minimum atomic E-state index is -0.135. The molecule has 0 bridgehead atoms. The summed E-state index contributed by atoms with van der Waals surface area (Å²) in [6, 6.07) is 12.3. The normalized spacial score (nSPS) is 14.0. The second-order valence-electron chi connectivity index (χ2n) is 6.48. The third kappa shape index (κ3) is 3.29. The Bertz CT molecular complexity index is 1040. The molecule has 0 spiro atoms. The zero-order valence-electron chi connectivity index (χ0n) is 15.1. The van der Waals surface area contributed by atoms with Crippen LogP contribution in [-0.2, 0) is 13.6 Å². The molecule has 0 atom stereocenters. The summed E-state index contributed by atoms with van der Waals surface area (Å²) >= 11 is 0. The monoisotopic (exact) mass is 384 g/mol. The van der Waals surface area contributed by atoms with E-state index in [1.165, 1.54) is 10.9 Å². The standard InChI is InChI=1S/C19H20N6O.ClH/c1-23-13-22-16-15(11-20)18(24-9-7-21-8-10-24)25(17(16)19(23)26)12-14-5-3-2-4-6-14;/h2-6,13,21H,7-10,12H2,1H3;1H. The summed E-state index contributed by atoms with van der Waals surface area (Å²) in [6.07, 6.45) is 1.49. The van der Waals surface area contributed by atoms with Gasteiger partial charge in [0.2, 0.25) is 0 Å². The second-order valence-corrected chi connectivity index (χ2v) is 6.48. The van der Waals surface area contributed by atoms with Crippen LogP contribution < -0.4 is 15.8 Å². The Morgan fingerprint density at radius 2 is 1.93 bits per heavy atom. The molecule has 3 heterocycles. The zero-order valence-corrected chi connectivity index (χ0v) is 15.9. The fourth-order valence-electron chi connectivity index (χ4n) is 3.53. The van der Waals surface area contributed by atoms with Crippen molar-refractivity contribution in [3.63, 3.8) is 0 Å². The number of nitriles is 1. The van der Waals surface area contributed by atoms with Crippen LogP contribution in [0.3, 0.4) is 0 Å². The molecule has 1 aromatic carbocycles. The molecule has 8 heteroatoms. The predicted octanol–water partition coefficient (Wildman–Crippen LogP) is 1.49. The van der Waals surface area contributed by atoms with Gasteiger partial charge >= 0.3 is 0 Å². The molecule has 7 nitrogen and oxygen atoms in total. The molecule has 27 heavy (non-hydrogen) atoms. The summed E-state index contributed by atoms with van der Waals surface area (Å²) in [4.78, 5) is 19.5. The molecule has 4 rings (SSSR count). The Kier molecular flexibility index (Phi) is 5.49. The number of benzene rings is 1. The number of hydrogen-bond acceptors (Lipinski definition) is 5. The van der Waals surface area contributed by atoms with Crippen LogP contribution >= 0.6 is 12.4 Å². The molecule has 0 saturated carbocycles. The van der Waals surface area contributed by atoms with Crippen molar-refractivity contribution in [2.24, 2.45) is 7.05 Å². The van der Waals surface area contributed by atoms with Crippen molar-refractivity contribution in [2.75, 3.05) is 31.1 Å². The van der Waals surface area contributed by atoms with E-state index < -0.39 is 0 Å². The van der Waals surface area contributed by atoms with Gasteiger partial charge in [-0.15, -0.1) is 12.4 Å². The number of hydrogen-bond donors (Lipinski definition) is 1. The van der Waals surface area contributed by atoms with Gasteiger partial charge in [-0.2, -0.15) is 5.26 Å². The van der Waals surface area contributed by atoms with Gasteiger partial charge < -0.3 is 19.4 Å². The van der Waals surface area contributed by atoms with Gasteiger partial charge in [0.1, 0.15) is 28.5 Å². The topological polar surface area (TPSA) is 78.9 Å². The summed E-state index contributed by atoms with van der Waals surface area (Å²) in [5.41, 5.74) is 2.40. The van der Waals surface area contributed by atoms with Gasteiger partial charge in [-0.3, -0.25) is 4.79 Å². The maximum absolute atomic E-state index is 12.9. The maximum atomic E-state index is 12.9. The van der Waals surface area contributed by atoms with E-state index >= 15 is 0 Å². The van der Waals surface area contributed by atoms with Crippen molar-refractivity contribution in [1.82, 2.24) is 19.4 Å². The molecular weight excluding hydrogens is 364 g/mol. The lowest BCUT2D eigenvalue weighted by Gasteiger charge is -2.30. The number of rotatable bonds is 3. The van der Waals surface area contributed by atoms with Crippen LogP contribution in [0.2, 0.25) is 0 Å². The third-order valence-corrected chi connectivity index (χ3v) is 4.81. The highest BCUT2D eigenvalue weighted by molar-refractivity contribution is 5.89. The molecule has 0 radical (unpaired) electrons. The smallest absolute Gasteiger partial charge is 0.277 e. The van der Waals surface area contributed by atoms with E-state index in [2.05, 4.69) is 21.3 Å². The Morgan fingerprint density at radius 1 is 1.22 bits per heavy atom. The van der Waals surface area contributed by atoms with E-state index in [4.69, 9.17) is 0 Å². The number of aromatic nitrogens is 3. The fraction of sp³-hybridized carbons (Fsp3) is 0.316. The third-order valence-electron chi connectivity index (χ3n) is 4.81. The molecule has 0 unspecified atom stereocenters. The van der Waals surface area contributed by atoms with Crippen LogP contribution in [0.1, 0.15) is 11.1 Å². The lowest BCUT2D eigenvalue weighted by molar-refractivity contribution is 0.576. The van der Waals surface area contributed by atoms with Crippen molar-refractivity contribution in [3.05, 3.63) is 58.1 Å². The van der Waals surface area contributed by atoms with Gasteiger partial charge in [-0.1, -0.05) is 30.3 Å². The number of nitrogens with one attached hydrogen (secondary N) is 1. The van der Waals surface area contributed by atoms with Gasteiger partial charge in [-0.25, -0.2) is 4.98 Å². The lowest BCUT2D eigenvalue weighted by Crippen LogP contribution is -2.44. The average Bonchev–Trinajstić information content (AvgIpc) is 3.00. The molecule has 0 amide bonds. The Morgan fingerprint density at radius 3 is 2.59 bits per heavy atom. The highest BCUT2D eigenvalue weighted by Gasteiger charge is 2.26. The van der Waals surface area contributed by atoms with Crippen LogP contribution in [0.5, 0.6) is 0 Å². The molecule has 1 fully saturated rings. The fourth-order valence-corrected chi connectivity index (χ4v) is 3.53. The molecular formula is C19H21ClN6O. The van der Waals surface area contributed by atoms with E-state index in [9.17, 15) is 10.1 Å². The maximum Gasteiger partial charge on any atom is 0.277 e. The Hall–Kier alpha value is -2.82. The number of aryl methyl sites for hydroxylation is 1. The van der Waals surface area contributed by atoms with E-state index in [1.807, 2.05) is 34.9 Å². The molecule has 2 aromatic heterocycles. The van der Waals surface area contributed by atoms with Gasteiger partial charge in [0.15, 0.2) is 0 Å². The van der Waals surface area contributed by atoms with E-state index in [0.717, 1.165) is 37.6 Å². The summed E-state index contributed by atoms with van der Waals surface area (Å²) in [7, 11) is 1.69. The minimum Gasteiger partial charge on any atom is -0.354 e. The van der Waals surface area contributed by atoms with Gasteiger partial charge in [0.05, 0.1) is 6.33 Å². The number of piperazine rings is 1. The van der Waals surface area contributed by atoms with Gasteiger partial charge in [0, 0.05) is 39.8 Å². The Balaban J connectivity index is 0.00000210. The molecule has 1 N–H and O–H groups in total. The van der Waals surface area contributed by atoms with Crippen LogP contribution in [0.4, 0.5) is 5.82 Å². The quantitative estimate of drug-likeness (QED) is 0.740. The summed E-state index contributed by atoms with van der Waals surface area (Å²) in [5, 5.41) is 13.2. The number of fused-ring (bicyclic) bond motifs is 1. The first-order chi connectivity index (χ1) is 12.7. The molecule has 0 aliphatic carbocycles. The minimum absolute atomic E-state index is 0. The second kappa shape index (κ2) is 7.82. The molecule has 1 saturated heterocycles. The largest absolute Gasteiger partial charge is 0.354 e. The molecule has 1 aliphatic heterocycles. The van der Waals surface area contributed by atoms with Crippen LogP contribution in [0.15, 0.2) is 41.5 Å². The first kappa shape index (κ1) is 19.0. The van der Waals surface area contributed by atoms with Crippen molar-refractivity contribution in [2.45, 2.75) is 6.54 Å². The molecule has 140 valence electrons. The van der Waals surface area contributed by atoms with E-state index in [0.29, 0.717) is 23.1 Å². The summed E-state index contributed by atoms with van der Waals surface area (Å²) in [5.74, 6) is 0.795. The summed E-state index contributed by atoms with van der Waals surface area (Å²) < 4.78 is 3.43. The average molecular weight is 385 g/mol. The summed E-state index contributed by atoms with van der Waals surface area (Å²) in [6.45, 7) is 3.81. The zero-order chi connectivity index (χ0) is 18.1. The Labute approximate surface area is 163 Å². The number of halogens is 1. The van der Waals surface area contributed by atoms with Gasteiger partial charge in [-0.05, 0) is 5.56 Å². The van der Waals surface area contributed by atoms with Gasteiger partial charge in [0.25, 0.3) is 5.56 Å². The number of anilines is 1. The van der Waals surface area contributed by atoms with Crippen molar-refractivity contribution >= 4 is 29.3 Å². The van der Waals surface area contributed by atoms with E-state index in [-0.39, 0.29) is 18.0 Å². The highest BCUT2D eigenvalue weighted by atomic mass is 35.5. The van der Waals surface area contributed by atoms with Crippen molar-refractivity contribution in [1.29, 1.82) is 5.26 Å². The molecule has 1 aliphatic rings. The first-order valence-electron chi connectivity index (χ1n) is 8.68.